The number of rotatable bonds is 8. The molecule has 0 aliphatic heterocycles. The maximum Gasteiger partial charge on any atom is 0.260 e. The molecule has 33 heavy (non-hydrogen) atoms. The van der Waals surface area contributed by atoms with Crippen molar-refractivity contribution in [3.63, 3.8) is 0 Å². The van der Waals surface area contributed by atoms with E-state index in [4.69, 9.17) is 9.72 Å². The minimum atomic E-state index is -0.0379. The summed E-state index contributed by atoms with van der Waals surface area (Å²) in [6.45, 7) is 3.55. The Bertz CT molecular complexity index is 1230. The lowest BCUT2D eigenvalue weighted by Gasteiger charge is -2.21. The number of carbonyl (C=O) groups is 1. The number of anilines is 1. The Balaban J connectivity index is 1.67. The number of aryl methyl sites for hydroxylation is 1. The van der Waals surface area contributed by atoms with Crippen LogP contribution in [0, 0.1) is 6.92 Å². The maximum atomic E-state index is 13.6. The first-order chi connectivity index (χ1) is 16.0. The molecule has 0 aliphatic rings. The second-order valence-electron chi connectivity index (χ2n) is 8.32. The molecule has 0 N–H and O–H groups in total. The first kappa shape index (κ1) is 23.0. The fourth-order valence-electron chi connectivity index (χ4n) is 3.80. The Hall–Kier alpha value is -3.22. The summed E-state index contributed by atoms with van der Waals surface area (Å²) in [6.07, 6.45) is 0.854. The predicted octanol–water partition coefficient (Wildman–Crippen LogP) is 5.88. The Morgan fingerprint density at radius 2 is 1.64 bits per heavy atom. The van der Waals surface area contributed by atoms with E-state index < -0.39 is 0 Å². The van der Waals surface area contributed by atoms with Crippen molar-refractivity contribution < 1.29 is 9.53 Å². The van der Waals surface area contributed by atoms with Crippen LogP contribution in [0.25, 0.3) is 21.3 Å². The van der Waals surface area contributed by atoms with Gasteiger partial charge in [0.2, 0.25) is 0 Å². The van der Waals surface area contributed by atoms with Crippen molar-refractivity contribution in [2.45, 2.75) is 13.3 Å². The Kier molecular flexibility index (Phi) is 7.06. The van der Waals surface area contributed by atoms with E-state index in [2.05, 4.69) is 24.0 Å². The van der Waals surface area contributed by atoms with E-state index in [1.807, 2.05) is 73.6 Å². The van der Waals surface area contributed by atoms with E-state index in [9.17, 15) is 4.79 Å². The van der Waals surface area contributed by atoms with Gasteiger partial charge in [-0.25, -0.2) is 4.98 Å². The second-order valence-corrected chi connectivity index (χ2v) is 9.29. The number of benzene rings is 3. The van der Waals surface area contributed by atoms with Crippen LogP contribution in [0.15, 0.2) is 66.7 Å². The van der Waals surface area contributed by atoms with Crippen LogP contribution in [0.3, 0.4) is 0 Å². The summed E-state index contributed by atoms with van der Waals surface area (Å²) in [5, 5.41) is 0.702. The molecule has 170 valence electrons. The van der Waals surface area contributed by atoms with Gasteiger partial charge in [-0.1, -0.05) is 59.9 Å². The van der Waals surface area contributed by atoms with Crippen LogP contribution >= 0.6 is 11.3 Å². The number of aromatic nitrogens is 1. The van der Waals surface area contributed by atoms with Gasteiger partial charge in [0.05, 0.1) is 11.8 Å². The SMILES string of the molecule is COc1ccc(C)c2sc(N(CCCN(C)C)C(=O)c3ccc(-c4ccccc4)cc3)nc12. The van der Waals surface area contributed by atoms with Gasteiger partial charge in [-0.05, 0) is 68.9 Å². The standard InChI is InChI=1S/C27H29N3O2S/c1-19-11-16-23(32-4)24-25(19)33-27(28-24)30(18-8-17-29(2)3)26(31)22-14-12-21(13-15-22)20-9-6-5-7-10-20/h5-7,9-16H,8,17-18H2,1-4H3. The molecular formula is C27H29N3O2S. The van der Waals surface area contributed by atoms with Crippen LogP contribution in [-0.2, 0) is 0 Å². The van der Waals surface area contributed by atoms with E-state index in [0.717, 1.165) is 45.6 Å². The zero-order chi connectivity index (χ0) is 23.4. The van der Waals surface area contributed by atoms with Crippen LogP contribution in [0.2, 0.25) is 0 Å². The van der Waals surface area contributed by atoms with E-state index in [1.165, 1.54) is 0 Å². The fourth-order valence-corrected chi connectivity index (χ4v) is 4.88. The Labute approximate surface area is 199 Å². The van der Waals surface area contributed by atoms with Crippen molar-refractivity contribution >= 4 is 32.6 Å². The number of fused-ring (bicyclic) bond motifs is 1. The van der Waals surface area contributed by atoms with E-state index >= 15 is 0 Å². The quantitative estimate of drug-likeness (QED) is 0.330. The molecule has 1 amide bonds. The molecule has 0 unspecified atom stereocenters. The summed E-state index contributed by atoms with van der Waals surface area (Å²) in [6, 6.07) is 22.0. The lowest BCUT2D eigenvalue weighted by molar-refractivity contribution is 0.0986. The molecule has 0 saturated heterocycles. The van der Waals surface area contributed by atoms with Crippen LogP contribution in [0.4, 0.5) is 5.13 Å². The van der Waals surface area contributed by atoms with Gasteiger partial charge in [0, 0.05) is 12.1 Å². The molecule has 5 nitrogen and oxygen atoms in total. The van der Waals surface area contributed by atoms with Crippen molar-refractivity contribution in [3.8, 4) is 16.9 Å². The molecule has 3 aromatic carbocycles. The first-order valence-corrected chi connectivity index (χ1v) is 11.9. The third-order valence-corrected chi connectivity index (χ3v) is 6.83. The Morgan fingerprint density at radius 1 is 0.939 bits per heavy atom. The molecule has 4 aromatic rings. The number of nitrogens with zero attached hydrogens (tertiary/aromatic N) is 3. The fraction of sp³-hybridized carbons (Fsp3) is 0.259. The molecule has 1 aromatic heterocycles. The van der Waals surface area contributed by atoms with Crippen molar-refractivity contribution in [2.24, 2.45) is 0 Å². The first-order valence-electron chi connectivity index (χ1n) is 11.0. The Morgan fingerprint density at radius 3 is 2.30 bits per heavy atom. The van der Waals surface area contributed by atoms with E-state index in [1.54, 1.807) is 18.4 Å². The van der Waals surface area contributed by atoms with Crippen LogP contribution in [0.1, 0.15) is 22.3 Å². The van der Waals surface area contributed by atoms with Crippen molar-refractivity contribution in [1.82, 2.24) is 9.88 Å². The third-order valence-electron chi connectivity index (χ3n) is 5.61. The van der Waals surface area contributed by atoms with Crippen molar-refractivity contribution in [1.29, 1.82) is 0 Å². The smallest absolute Gasteiger partial charge is 0.260 e. The molecule has 0 aliphatic carbocycles. The van der Waals surface area contributed by atoms with Crippen LogP contribution in [-0.4, -0.2) is 50.1 Å². The highest BCUT2D eigenvalue weighted by molar-refractivity contribution is 7.22. The molecule has 4 rings (SSSR count). The van der Waals surface area contributed by atoms with Crippen molar-refractivity contribution in [3.05, 3.63) is 77.9 Å². The van der Waals surface area contributed by atoms with E-state index in [0.29, 0.717) is 17.2 Å². The van der Waals surface area contributed by atoms with Gasteiger partial charge < -0.3 is 9.64 Å². The minimum Gasteiger partial charge on any atom is -0.494 e. The molecule has 0 spiro atoms. The van der Waals surface area contributed by atoms with Gasteiger partial charge in [0.25, 0.3) is 5.91 Å². The second kappa shape index (κ2) is 10.1. The molecule has 0 atom stereocenters. The van der Waals surface area contributed by atoms with Gasteiger partial charge in [0.1, 0.15) is 11.3 Å². The number of thiazole rings is 1. The summed E-state index contributed by atoms with van der Waals surface area (Å²) in [5.41, 5.74) is 4.81. The van der Waals surface area contributed by atoms with Crippen molar-refractivity contribution in [2.75, 3.05) is 39.2 Å². The number of carbonyl (C=O) groups excluding carboxylic acids is 1. The van der Waals surface area contributed by atoms with Gasteiger partial charge in [-0.3, -0.25) is 9.69 Å². The molecule has 0 fully saturated rings. The summed E-state index contributed by atoms with van der Waals surface area (Å²) in [4.78, 5) is 22.4. The zero-order valence-electron chi connectivity index (χ0n) is 19.5. The highest BCUT2D eigenvalue weighted by atomic mass is 32.1. The van der Waals surface area contributed by atoms with Crippen LogP contribution < -0.4 is 9.64 Å². The molecule has 0 bridgehead atoms. The van der Waals surface area contributed by atoms with Crippen LogP contribution in [0.5, 0.6) is 5.75 Å². The maximum absolute atomic E-state index is 13.6. The largest absolute Gasteiger partial charge is 0.494 e. The topological polar surface area (TPSA) is 45.7 Å². The van der Waals surface area contributed by atoms with Gasteiger partial charge in [-0.2, -0.15) is 0 Å². The molecule has 6 heteroatoms. The number of methoxy groups -OCH3 is 1. The average molecular weight is 460 g/mol. The predicted molar refractivity (Wildman–Crippen MR) is 138 cm³/mol. The monoisotopic (exact) mass is 459 g/mol. The molecule has 1 heterocycles. The minimum absolute atomic E-state index is 0.0379. The highest BCUT2D eigenvalue weighted by Gasteiger charge is 2.23. The summed E-state index contributed by atoms with van der Waals surface area (Å²) in [7, 11) is 5.73. The van der Waals surface area contributed by atoms with Gasteiger partial charge in [0.15, 0.2) is 5.13 Å². The summed E-state index contributed by atoms with van der Waals surface area (Å²) in [5.74, 6) is 0.690. The number of ether oxygens (including phenoxy) is 1. The summed E-state index contributed by atoms with van der Waals surface area (Å²) >= 11 is 1.54. The van der Waals surface area contributed by atoms with E-state index in [-0.39, 0.29) is 5.91 Å². The number of amides is 1. The van der Waals surface area contributed by atoms with Gasteiger partial charge >= 0.3 is 0 Å². The lowest BCUT2D eigenvalue weighted by Crippen LogP contribution is -2.33. The normalized spacial score (nSPS) is 11.2. The zero-order valence-corrected chi connectivity index (χ0v) is 20.4. The summed E-state index contributed by atoms with van der Waals surface area (Å²) < 4.78 is 6.57. The average Bonchev–Trinajstić information content (AvgIpc) is 3.28. The number of hydrogen-bond donors (Lipinski definition) is 0. The highest BCUT2D eigenvalue weighted by Crippen LogP contribution is 2.37. The molecule has 0 radical (unpaired) electrons. The number of hydrogen-bond acceptors (Lipinski definition) is 5. The van der Waals surface area contributed by atoms with Gasteiger partial charge in [-0.15, -0.1) is 0 Å². The third kappa shape index (κ3) is 5.07. The lowest BCUT2D eigenvalue weighted by atomic mass is 10.0. The molecular weight excluding hydrogens is 430 g/mol. The molecule has 0 saturated carbocycles.